The fourth-order valence-electron chi connectivity index (χ4n) is 2.03. The Labute approximate surface area is 141 Å². The van der Waals surface area contributed by atoms with Crippen molar-refractivity contribution in [3.8, 4) is 11.5 Å². The molecule has 0 aliphatic carbocycles. The summed E-state index contributed by atoms with van der Waals surface area (Å²) in [6.45, 7) is 0.982. The van der Waals surface area contributed by atoms with Gasteiger partial charge in [0.15, 0.2) is 0 Å². The molecule has 1 amide bonds. The van der Waals surface area contributed by atoms with Crippen LogP contribution in [0.2, 0.25) is 5.02 Å². The number of rotatable bonds is 8. The van der Waals surface area contributed by atoms with Crippen LogP contribution in [0.5, 0.6) is 11.5 Å². The summed E-state index contributed by atoms with van der Waals surface area (Å²) in [4.78, 5) is 11.8. The molecule has 0 unspecified atom stereocenters. The first-order chi connectivity index (χ1) is 11.2. The molecule has 0 spiro atoms. The summed E-state index contributed by atoms with van der Waals surface area (Å²) < 4.78 is 10.7. The molecule has 0 radical (unpaired) electrons. The fourth-order valence-corrected chi connectivity index (χ4v) is 2.24. The molecular weight excluding hydrogens is 314 g/mol. The van der Waals surface area contributed by atoms with Crippen LogP contribution in [0.25, 0.3) is 0 Å². The molecule has 23 heavy (non-hydrogen) atoms. The number of nitrogens with one attached hydrogen (secondary N) is 1. The lowest BCUT2D eigenvalue weighted by molar-refractivity contribution is -0.121. The van der Waals surface area contributed by atoms with E-state index >= 15 is 0 Å². The molecule has 0 aliphatic rings. The first kappa shape index (κ1) is 17.2. The van der Waals surface area contributed by atoms with E-state index in [9.17, 15) is 4.79 Å². The Balaban J connectivity index is 1.62. The highest BCUT2D eigenvalue weighted by Crippen LogP contribution is 2.17. The monoisotopic (exact) mass is 333 g/mol. The van der Waals surface area contributed by atoms with Crippen molar-refractivity contribution in [3.05, 3.63) is 59.1 Å². The number of carbonyl (C=O) groups is 1. The van der Waals surface area contributed by atoms with Crippen LogP contribution >= 0.6 is 11.6 Å². The Morgan fingerprint density at radius 1 is 1.13 bits per heavy atom. The van der Waals surface area contributed by atoms with E-state index in [2.05, 4.69) is 5.32 Å². The number of hydrogen-bond donors (Lipinski definition) is 1. The zero-order chi connectivity index (χ0) is 16.5. The van der Waals surface area contributed by atoms with Crippen LogP contribution < -0.4 is 14.8 Å². The van der Waals surface area contributed by atoms with Crippen LogP contribution in [-0.2, 0) is 11.3 Å². The van der Waals surface area contributed by atoms with Crippen LogP contribution in [0.4, 0.5) is 0 Å². The second-order valence-corrected chi connectivity index (χ2v) is 5.47. The second kappa shape index (κ2) is 9.06. The summed E-state index contributed by atoms with van der Waals surface area (Å²) in [5, 5.41) is 3.54. The molecule has 5 heteroatoms. The normalized spacial score (nSPS) is 10.2. The summed E-state index contributed by atoms with van der Waals surface area (Å²) in [7, 11) is 1.62. The molecule has 0 saturated heterocycles. The van der Waals surface area contributed by atoms with Gasteiger partial charge in [-0.25, -0.2) is 0 Å². The average Bonchev–Trinajstić information content (AvgIpc) is 2.57. The van der Waals surface area contributed by atoms with Crippen LogP contribution in [0, 0.1) is 0 Å². The van der Waals surface area contributed by atoms with Gasteiger partial charge in [0, 0.05) is 18.0 Å². The Morgan fingerprint density at radius 2 is 1.87 bits per heavy atom. The Kier molecular flexibility index (Phi) is 6.76. The van der Waals surface area contributed by atoms with E-state index in [0.29, 0.717) is 31.0 Å². The van der Waals surface area contributed by atoms with Gasteiger partial charge >= 0.3 is 0 Å². The maximum Gasteiger partial charge on any atom is 0.220 e. The molecule has 2 rings (SSSR count). The summed E-state index contributed by atoms with van der Waals surface area (Å²) in [6, 6.07) is 14.8. The minimum absolute atomic E-state index is 0.00306. The Bertz CT molecular complexity index is 628. The largest absolute Gasteiger partial charge is 0.497 e. The van der Waals surface area contributed by atoms with Gasteiger partial charge in [0.05, 0.1) is 13.7 Å². The topological polar surface area (TPSA) is 47.6 Å². The molecule has 0 atom stereocenters. The lowest BCUT2D eigenvalue weighted by atomic mass is 10.2. The highest BCUT2D eigenvalue weighted by atomic mass is 35.5. The molecule has 0 saturated carbocycles. The van der Waals surface area contributed by atoms with Crippen LogP contribution in [0.15, 0.2) is 48.5 Å². The molecule has 1 N–H and O–H groups in total. The molecule has 0 bridgehead atoms. The number of amides is 1. The van der Waals surface area contributed by atoms with E-state index in [-0.39, 0.29) is 5.91 Å². The first-order valence-electron chi connectivity index (χ1n) is 7.45. The molecule has 0 aliphatic heterocycles. The standard InChI is InChI=1S/C18H20ClNO3/c1-22-16-7-9-17(10-8-16)23-11-3-6-18(21)20-13-14-4-2-5-15(19)12-14/h2,4-5,7-10,12H,3,6,11,13H2,1H3,(H,20,21). The maximum absolute atomic E-state index is 11.8. The lowest BCUT2D eigenvalue weighted by Crippen LogP contribution is -2.22. The van der Waals surface area contributed by atoms with Gasteiger partial charge in [0.1, 0.15) is 11.5 Å². The zero-order valence-electron chi connectivity index (χ0n) is 13.0. The van der Waals surface area contributed by atoms with Crippen molar-refractivity contribution < 1.29 is 14.3 Å². The van der Waals surface area contributed by atoms with E-state index in [4.69, 9.17) is 21.1 Å². The van der Waals surface area contributed by atoms with Crippen molar-refractivity contribution in [2.45, 2.75) is 19.4 Å². The number of benzene rings is 2. The van der Waals surface area contributed by atoms with E-state index in [1.807, 2.05) is 48.5 Å². The average molecular weight is 334 g/mol. The minimum atomic E-state index is 0.00306. The van der Waals surface area contributed by atoms with Crippen LogP contribution in [0.1, 0.15) is 18.4 Å². The van der Waals surface area contributed by atoms with Crippen LogP contribution in [-0.4, -0.2) is 19.6 Å². The van der Waals surface area contributed by atoms with Gasteiger partial charge in [0.2, 0.25) is 5.91 Å². The Morgan fingerprint density at radius 3 is 2.57 bits per heavy atom. The van der Waals surface area contributed by atoms with E-state index < -0.39 is 0 Å². The van der Waals surface area contributed by atoms with Crippen molar-refractivity contribution >= 4 is 17.5 Å². The van der Waals surface area contributed by atoms with Gasteiger partial charge in [-0.3, -0.25) is 4.79 Å². The number of carbonyl (C=O) groups excluding carboxylic acids is 1. The van der Waals surface area contributed by atoms with Gasteiger partial charge in [-0.2, -0.15) is 0 Å². The molecule has 0 heterocycles. The smallest absolute Gasteiger partial charge is 0.220 e. The third-order valence-electron chi connectivity index (χ3n) is 3.26. The second-order valence-electron chi connectivity index (χ2n) is 5.03. The summed E-state index contributed by atoms with van der Waals surface area (Å²) in [6.07, 6.45) is 1.09. The highest BCUT2D eigenvalue weighted by Gasteiger charge is 2.02. The van der Waals surface area contributed by atoms with E-state index in [1.165, 1.54) is 0 Å². The molecule has 2 aromatic rings. The zero-order valence-corrected chi connectivity index (χ0v) is 13.8. The van der Waals surface area contributed by atoms with Crippen molar-refractivity contribution in [1.29, 1.82) is 0 Å². The van der Waals surface area contributed by atoms with Gasteiger partial charge in [-0.1, -0.05) is 23.7 Å². The number of hydrogen-bond acceptors (Lipinski definition) is 3. The maximum atomic E-state index is 11.8. The molecule has 0 aromatic heterocycles. The highest BCUT2D eigenvalue weighted by molar-refractivity contribution is 6.30. The molecule has 122 valence electrons. The summed E-state index contributed by atoms with van der Waals surface area (Å²) in [5.41, 5.74) is 0.986. The lowest BCUT2D eigenvalue weighted by Gasteiger charge is -2.08. The molecule has 0 fully saturated rings. The number of methoxy groups -OCH3 is 1. The third-order valence-corrected chi connectivity index (χ3v) is 3.49. The summed E-state index contributed by atoms with van der Waals surface area (Å²) in [5.74, 6) is 1.56. The van der Waals surface area contributed by atoms with E-state index in [1.54, 1.807) is 7.11 Å². The van der Waals surface area contributed by atoms with Gasteiger partial charge in [-0.15, -0.1) is 0 Å². The van der Waals surface area contributed by atoms with Gasteiger partial charge < -0.3 is 14.8 Å². The quantitative estimate of drug-likeness (QED) is 0.747. The van der Waals surface area contributed by atoms with Crippen molar-refractivity contribution in [3.63, 3.8) is 0 Å². The third kappa shape index (κ3) is 6.20. The van der Waals surface area contributed by atoms with Crippen molar-refractivity contribution in [2.24, 2.45) is 0 Å². The van der Waals surface area contributed by atoms with Gasteiger partial charge in [-0.05, 0) is 48.4 Å². The first-order valence-corrected chi connectivity index (χ1v) is 7.83. The predicted molar refractivity (Wildman–Crippen MR) is 91.0 cm³/mol. The van der Waals surface area contributed by atoms with Crippen molar-refractivity contribution in [1.82, 2.24) is 5.32 Å². The fraction of sp³-hybridized carbons (Fsp3) is 0.278. The predicted octanol–water partition coefficient (Wildman–Crippen LogP) is 3.82. The molecule has 2 aromatic carbocycles. The minimum Gasteiger partial charge on any atom is -0.497 e. The SMILES string of the molecule is COc1ccc(OCCCC(=O)NCc2cccc(Cl)c2)cc1. The molecule has 4 nitrogen and oxygen atoms in total. The number of halogens is 1. The summed E-state index contributed by atoms with van der Waals surface area (Å²) >= 11 is 5.90. The molecular formula is C18H20ClNO3. The van der Waals surface area contributed by atoms with E-state index in [0.717, 1.165) is 17.1 Å². The Hall–Kier alpha value is -2.20. The van der Waals surface area contributed by atoms with Crippen molar-refractivity contribution in [2.75, 3.05) is 13.7 Å². The number of ether oxygens (including phenoxy) is 2. The van der Waals surface area contributed by atoms with Crippen LogP contribution in [0.3, 0.4) is 0 Å². The van der Waals surface area contributed by atoms with Gasteiger partial charge in [0.25, 0.3) is 0 Å².